The van der Waals surface area contributed by atoms with Crippen LogP contribution in [-0.4, -0.2) is 10.9 Å². The zero-order valence-corrected chi connectivity index (χ0v) is 15.2. The first-order chi connectivity index (χ1) is 11.6. The molecule has 3 nitrogen and oxygen atoms in total. The van der Waals surface area contributed by atoms with Gasteiger partial charge < -0.3 is 0 Å². The summed E-state index contributed by atoms with van der Waals surface area (Å²) in [4.78, 5) is 19.6. The number of amides is 1. The van der Waals surface area contributed by atoms with Crippen molar-refractivity contribution in [2.24, 2.45) is 0 Å². The van der Waals surface area contributed by atoms with E-state index in [1.54, 1.807) is 23.6 Å². The predicted molar refractivity (Wildman–Crippen MR) is 102 cm³/mol. The van der Waals surface area contributed by atoms with Gasteiger partial charge in [-0.15, -0.1) is 23.1 Å². The number of carbonyl (C=O) groups is 1. The highest BCUT2D eigenvalue weighted by Crippen LogP contribution is 2.31. The highest BCUT2D eigenvalue weighted by atomic mass is 32.2. The van der Waals surface area contributed by atoms with Gasteiger partial charge in [0.25, 0.3) is 0 Å². The number of anilines is 2. The van der Waals surface area contributed by atoms with Gasteiger partial charge in [-0.1, -0.05) is 35.9 Å². The van der Waals surface area contributed by atoms with Crippen LogP contribution in [0, 0.1) is 6.92 Å². The summed E-state index contributed by atoms with van der Waals surface area (Å²) >= 11 is 3.25. The van der Waals surface area contributed by atoms with E-state index in [0.29, 0.717) is 5.13 Å². The summed E-state index contributed by atoms with van der Waals surface area (Å²) < 4.78 is 0. The molecule has 0 fully saturated rings. The van der Waals surface area contributed by atoms with Crippen LogP contribution < -0.4 is 4.90 Å². The Labute approximate surface area is 150 Å². The first-order valence-corrected chi connectivity index (χ1v) is 9.49. The third-order valence-corrected chi connectivity index (χ3v) is 5.39. The number of rotatable bonds is 5. The Balaban J connectivity index is 1.74. The molecule has 0 N–H and O–H groups in total. The van der Waals surface area contributed by atoms with E-state index in [4.69, 9.17) is 0 Å². The van der Waals surface area contributed by atoms with Gasteiger partial charge in [-0.3, -0.25) is 9.69 Å². The van der Waals surface area contributed by atoms with Crippen molar-refractivity contribution in [3.05, 3.63) is 71.2 Å². The lowest BCUT2D eigenvalue weighted by atomic mass is 10.2. The summed E-state index contributed by atoms with van der Waals surface area (Å²) in [5.41, 5.74) is 3.09. The minimum absolute atomic E-state index is 0.0340. The Morgan fingerprint density at radius 1 is 1.12 bits per heavy atom. The zero-order chi connectivity index (χ0) is 16.9. The minimum atomic E-state index is -0.0340. The van der Waals surface area contributed by atoms with Crippen LogP contribution in [0.15, 0.2) is 64.9 Å². The molecular weight excluding hydrogens is 336 g/mol. The first kappa shape index (κ1) is 16.7. The molecule has 0 aliphatic rings. The molecule has 0 bridgehead atoms. The molecule has 0 atom stereocenters. The Morgan fingerprint density at radius 3 is 2.50 bits per heavy atom. The van der Waals surface area contributed by atoms with Crippen molar-refractivity contribution in [2.75, 3.05) is 4.90 Å². The number of aryl methyl sites for hydroxylation is 1. The van der Waals surface area contributed by atoms with Gasteiger partial charge >= 0.3 is 0 Å². The second kappa shape index (κ2) is 7.64. The Kier molecular flexibility index (Phi) is 5.33. The zero-order valence-electron chi connectivity index (χ0n) is 13.6. The summed E-state index contributed by atoms with van der Waals surface area (Å²) in [5, 5.41) is 2.74. The SMILES string of the molecule is CC(=O)N(c1ccccc1)c1nc(CSc2ccc(C)cc2)cs1. The average Bonchev–Trinajstić information content (AvgIpc) is 3.03. The molecular formula is C19H18N2OS2. The Morgan fingerprint density at radius 2 is 1.83 bits per heavy atom. The van der Waals surface area contributed by atoms with Crippen LogP contribution in [0.1, 0.15) is 18.2 Å². The highest BCUT2D eigenvalue weighted by molar-refractivity contribution is 7.98. The largest absolute Gasteiger partial charge is 0.274 e. The van der Waals surface area contributed by atoms with Crippen LogP contribution >= 0.6 is 23.1 Å². The number of thiazole rings is 1. The molecule has 0 aliphatic carbocycles. The van der Waals surface area contributed by atoms with Crippen molar-refractivity contribution >= 4 is 39.8 Å². The molecule has 1 amide bonds. The summed E-state index contributed by atoms with van der Waals surface area (Å²) in [6.07, 6.45) is 0. The van der Waals surface area contributed by atoms with Crippen LogP contribution in [0.5, 0.6) is 0 Å². The molecule has 0 unspecified atom stereocenters. The Hall–Kier alpha value is -2.11. The first-order valence-electron chi connectivity index (χ1n) is 7.63. The second-order valence-electron chi connectivity index (χ2n) is 5.41. The molecule has 5 heteroatoms. The van der Waals surface area contributed by atoms with Gasteiger partial charge in [0.15, 0.2) is 5.13 Å². The molecule has 0 saturated heterocycles. The maximum atomic E-state index is 12.1. The fourth-order valence-corrected chi connectivity index (χ4v) is 4.04. The number of para-hydroxylation sites is 1. The lowest BCUT2D eigenvalue weighted by Gasteiger charge is -2.17. The second-order valence-corrected chi connectivity index (χ2v) is 7.30. The highest BCUT2D eigenvalue weighted by Gasteiger charge is 2.17. The van der Waals surface area contributed by atoms with E-state index in [2.05, 4.69) is 36.2 Å². The van der Waals surface area contributed by atoms with E-state index >= 15 is 0 Å². The molecule has 3 rings (SSSR count). The van der Waals surface area contributed by atoms with Crippen LogP contribution in [0.2, 0.25) is 0 Å². The van der Waals surface area contributed by atoms with E-state index in [9.17, 15) is 4.79 Å². The van der Waals surface area contributed by atoms with Gasteiger partial charge in [-0.25, -0.2) is 4.98 Å². The average molecular weight is 355 g/mol. The monoisotopic (exact) mass is 354 g/mol. The molecule has 2 aromatic carbocycles. The van der Waals surface area contributed by atoms with Crippen molar-refractivity contribution in [3.63, 3.8) is 0 Å². The fourth-order valence-electron chi connectivity index (χ4n) is 2.26. The lowest BCUT2D eigenvalue weighted by molar-refractivity contribution is -0.115. The number of benzene rings is 2. The molecule has 1 aromatic heterocycles. The van der Waals surface area contributed by atoms with Crippen LogP contribution in [-0.2, 0) is 10.5 Å². The fraction of sp³-hybridized carbons (Fsp3) is 0.158. The van der Waals surface area contributed by atoms with E-state index in [1.807, 2.05) is 35.7 Å². The van der Waals surface area contributed by atoms with Gasteiger partial charge in [0.2, 0.25) is 5.91 Å². The molecule has 0 saturated carbocycles. The van der Waals surface area contributed by atoms with Crippen LogP contribution in [0.4, 0.5) is 10.8 Å². The minimum Gasteiger partial charge on any atom is -0.274 e. The van der Waals surface area contributed by atoms with Gasteiger partial charge in [-0.05, 0) is 31.2 Å². The number of nitrogens with zero attached hydrogens (tertiary/aromatic N) is 2. The van der Waals surface area contributed by atoms with Crippen LogP contribution in [0.25, 0.3) is 0 Å². The third-order valence-electron chi connectivity index (χ3n) is 3.47. The third kappa shape index (κ3) is 4.04. The lowest BCUT2D eigenvalue weighted by Crippen LogP contribution is -2.22. The van der Waals surface area contributed by atoms with Gasteiger partial charge in [0, 0.05) is 23.0 Å². The number of thioether (sulfide) groups is 1. The number of aromatic nitrogens is 1. The molecule has 0 radical (unpaired) electrons. The molecule has 122 valence electrons. The Bertz CT molecular complexity index is 813. The van der Waals surface area contributed by atoms with Gasteiger partial charge in [0.1, 0.15) is 0 Å². The molecule has 0 spiro atoms. The van der Waals surface area contributed by atoms with Crippen molar-refractivity contribution in [1.29, 1.82) is 0 Å². The van der Waals surface area contributed by atoms with Crippen molar-refractivity contribution in [2.45, 2.75) is 24.5 Å². The molecule has 0 aliphatic heterocycles. The van der Waals surface area contributed by atoms with E-state index in [0.717, 1.165) is 17.1 Å². The van der Waals surface area contributed by atoms with Gasteiger partial charge in [-0.2, -0.15) is 0 Å². The summed E-state index contributed by atoms with van der Waals surface area (Å²) in [6, 6.07) is 18.1. The van der Waals surface area contributed by atoms with E-state index in [-0.39, 0.29) is 5.91 Å². The summed E-state index contributed by atoms with van der Waals surface area (Å²) in [6.45, 7) is 3.65. The quantitative estimate of drug-likeness (QED) is 0.573. The van der Waals surface area contributed by atoms with Gasteiger partial charge in [0.05, 0.1) is 11.4 Å². The predicted octanol–water partition coefficient (Wildman–Crippen LogP) is 5.43. The van der Waals surface area contributed by atoms with E-state index < -0.39 is 0 Å². The summed E-state index contributed by atoms with van der Waals surface area (Å²) in [7, 11) is 0. The maximum absolute atomic E-state index is 12.1. The number of carbonyl (C=O) groups excluding carboxylic acids is 1. The molecule has 24 heavy (non-hydrogen) atoms. The molecule has 1 heterocycles. The van der Waals surface area contributed by atoms with Crippen molar-refractivity contribution in [1.82, 2.24) is 4.98 Å². The van der Waals surface area contributed by atoms with Crippen molar-refractivity contribution < 1.29 is 4.79 Å². The smallest absolute Gasteiger partial charge is 0.230 e. The summed E-state index contributed by atoms with van der Waals surface area (Å²) in [5.74, 6) is 0.758. The number of hydrogen-bond acceptors (Lipinski definition) is 4. The van der Waals surface area contributed by atoms with E-state index in [1.165, 1.54) is 21.8 Å². The normalized spacial score (nSPS) is 10.6. The van der Waals surface area contributed by atoms with Crippen LogP contribution in [0.3, 0.4) is 0 Å². The van der Waals surface area contributed by atoms with Crippen molar-refractivity contribution in [3.8, 4) is 0 Å². The molecule has 3 aromatic rings. The standard InChI is InChI=1S/C19H18N2OS2/c1-14-8-10-18(11-9-14)23-12-16-13-24-19(20-16)21(15(2)22)17-6-4-3-5-7-17/h3-11,13H,12H2,1-2H3. The number of hydrogen-bond donors (Lipinski definition) is 0. The maximum Gasteiger partial charge on any atom is 0.230 e. The topological polar surface area (TPSA) is 33.2 Å².